The molecule has 0 atom stereocenters. The predicted octanol–water partition coefficient (Wildman–Crippen LogP) is 7.74. The zero-order chi connectivity index (χ0) is 16.5. The molecule has 2 fully saturated rings. The zero-order valence-corrected chi connectivity index (χ0v) is 15.0. The quantitative estimate of drug-likeness (QED) is 0.400. The average Bonchev–Trinajstić information content (AvgIpc) is 2.58. The molecule has 2 rings (SSSR count). The molecule has 0 unspecified atom stereocenters. The zero-order valence-electron chi connectivity index (χ0n) is 15.0. The van der Waals surface area contributed by atoms with Crippen LogP contribution in [-0.2, 0) is 0 Å². The van der Waals surface area contributed by atoms with E-state index in [-0.39, 0.29) is 0 Å². The van der Waals surface area contributed by atoms with E-state index < -0.39 is 6.08 Å². The first-order valence-electron chi connectivity index (χ1n) is 10.2. The highest BCUT2D eigenvalue weighted by Crippen LogP contribution is 2.43. The largest absolute Gasteiger partial charge is 0.266 e. The minimum atomic E-state index is -1.50. The van der Waals surface area contributed by atoms with E-state index in [9.17, 15) is 8.78 Å². The summed E-state index contributed by atoms with van der Waals surface area (Å²) >= 11 is 0. The van der Waals surface area contributed by atoms with Crippen molar-refractivity contribution in [3.05, 3.63) is 12.2 Å². The summed E-state index contributed by atoms with van der Waals surface area (Å²) in [5, 5.41) is 0. The van der Waals surface area contributed by atoms with Gasteiger partial charge in [0.05, 0.1) is 0 Å². The summed E-state index contributed by atoms with van der Waals surface area (Å²) in [6.07, 6.45) is 18.0. The third-order valence-corrected chi connectivity index (χ3v) is 6.52. The van der Waals surface area contributed by atoms with Crippen molar-refractivity contribution in [2.24, 2.45) is 23.7 Å². The van der Waals surface area contributed by atoms with Gasteiger partial charge in [0.1, 0.15) is 0 Å². The molecule has 0 aromatic heterocycles. The highest BCUT2D eigenvalue weighted by Gasteiger charge is 2.30. The Balaban J connectivity index is 1.60. The van der Waals surface area contributed by atoms with E-state index in [2.05, 4.69) is 6.92 Å². The molecule has 0 aromatic carbocycles. The van der Waals surface area contributed by atoms with Crippen LogP contribution in [-0.4, -0.2) is 0 Å². The van der Waals surface area contributed by atoms with Gasteiger partial charge in [-0.05, 0) is 74.7 Å². The average molecular weight is 327 g/mol. The van der Waals surface area contributed by atoms with Gasteiger partial charge in [0.25, 0.3) is 6.08 Å². The van der Waals surface area contributed by atoms with Crippen molar-refractivity contribution in [1.29, 1.82) is 0 Å². The summed E-state index contributed by atoms with van der Waals surface area (Å²) in [5.41, 5.74) is 0. The van der Waals surface area contributed by atoms with Crippen LogP contribution >= 0.6 is 0 Å². The third-order valence-electron chi connectivity index (χ3n) is 6.52. The number of hydrogen-bond donors (Lipinski definition) is 0. The van der Waals surface area contributed by atoms with Gasteiger partial charge in [0, 0.05) is 0 Å². The van der Waals surface area contributed by atoms with Gasteiger partial charge in [-0.15, -0.1) is 0 Å². The molecular formula is C21H36F2. The number of allylic oxidation sites excluding steroid dienone is 1. The molecule has 0 N–H and O–H groups in total. The topological polar surface area (TPSA) is 0 Å². The van der Waals surface area contributed by atoms with E-state index >= 15 is 0 Å². The highest BCUT2D eigenvalue weighted by atomic mass is 19.3. The second-order valence-corrected chi connectivity index (χ2v) is 8.14. The Morgan fingerprint density at radius 1 is 0.783 bits per heavy atom. The van der Waals surface area contributed by atoms with E-state index in [0.717, 1.165) is 23.8 Å². The lowest BCUT2D eigenvalue weighted by molar-refractivity contribution is 0.143. The van der Waals surface area contributed by atoms with Crippen LogP contribution in [0.3, 0.4) is 0 Å². The van der Waals surface area contributed by atoms with Gasteiger partial charge in [0.15, 0.2) is 0 Å². The lowest BCUT2D eigenvalue weighted by Gasteiger charge is -2.37. The van der Waals surface area contributed by atoms with Crippen LogP contribution < -0.4 is 0 Å². The molecule has 0 aliphatic heterocycles. The maximum Gasteiger partial charge on any atom is 0.266 e. The molecule has 0 spiro atoms. The summed E-state index contributed by atoms with van der Waals surface area (Å²) in [7, 11) is 0. The SMILES string of the molecule is CCCCCC[C@H]1CC[C@H](C2CCC(CC=C(F)F)CC2)CC1. The lowest BCUT2D eigenvalue weighted by atomic mass is 9.68. The van der Waals surface area contributed by atoms with Crippen LogP contribution in [0.4, 0.5) is 8.78 Å². The maximum atomic E-state index is 12.2. The van der Waals surface area contributed by atoms with E-state index in [0.29, 0.717) is 12.3 Å². The molecule has 0 heterocycles. The molecular weight excluding hydrogens is 290 g/mol. The van der Waals surface area contributed by atoms with Gasteiger partial charge in [0.2, 0.25) is 0 Å². The molecule has 2 aliphatic carbocycles. The van der Waals surface area contributed by atoms with E-state index in [1.165, 1.54) is 83.5 Å². The van der Waals surface area contributed by atoms with Crippen molar-refractivity contribution < 1.29 is 8.78 Å². The lowest BCUT2D eigenvalue weighted by Crippen LogP contribution is -2.25. The molecule has 0 nitrogen and oxygen atoms in total. The Labute approximate surface area is 142 Å². The van der Waals surface area contributed by atoms with Crippen LogP contribution in [0.1, 0.15) is 96.8 Å². The van der Waals surface area contributed by atoms with Crippen molar-refractivity contribution in [3.8, 4) is 0 Å². The smallest absolute Gasteiger partial charge is 0.174 e. The number of hydrogen-bond acceptors (Lipinski definition) is 0. The second kappa shape index (κ2) is 10.5. The summed E-state index contributed by atoms with van der Waals surface area (Å²) in [6, 6.07) is 0. The molecule has 0 radical (unpaired) electrons. The Kier molecular flexibility index (Phi) is 8.61. The normalized spacial score (nSPS) is 31.8. The monoisotopic (exact) mass is 326 g/mol. The Morgan fingerprint density at radius 2 is 1.35 bits per heavy atom. The van der Waals surface area contributed by atoms with Gasteiger partial charge in [-0.2, -0.15) is 8.78 Å². The van der Waals surface area contributed by atoms with E-state index in [1.54, 1.807) is 0 Å². The molecule has 134 valence electrons. The maximum absolute atomic E-state index is 12.2. The van der Waals surface area contributed by atoms with Crippen molar-refractivity contribution in [2.45, 2.75) is 96.8 Å². The van der Waals surface area contributed by atoms with Crippen LogP contribution in [0.15, 0.2) is 12.2 Å². The first-order chi connectivity index (χ1) is 11.2. The first-order valence-corrected chi connectivity index (χ1v) is 10.2. The molecule has 23 heavy (non-hydrogen) atoms. The third kappa shape index (κ3) is 6.93. The Bertz CT molecular complexity index is 330. The van der Waals surface area contributed by atoms with E-state index in [1.807, 2.05) is 0 Å². The van der Waals surface area contributed by atoms with Gasteiger partial charge in [-0.1, -0.05) is 51.9 Å². The Hall–Kier alpha value is -0.400. The van der Waals surface area contributed by atoms with Crippen LogP contribution in [0, 0.1) is 23.7 Å². The summed E-state index contributed by atoms with van der Waals surface area (Å²) in [6.45, 7) is 2.28. The van der Waals surface area contributed by atoms with Crippen LogP contribution in [0.2, 0.25) is 0 Å². The summed E-state index contributed by atoms with van der Waals surface area (Å²) in [4.78, 5) is 0. The van der Waals surface area contributed by atoms with Crippen molar-refractivity contribution >= 4 is 0 Å². The number of unbranched alkanes of at least 4 members (excludes halogenated alkanes) is 3. The standard InChI is InChI=1S/C21H36F2/c1-2-3-4-5-6-17-7-12-19(13-8-17)20-14-9-18(10-15-20)11-16-21(22)23/h16-20H,2-15H2,1H3/t17-,18?,19-,20?. The Morgan fingerprint density at radius 3 is 1.87 bits per heavy atom. The predicted molar refractivity (Wildman–Crippen MR) is 94.6 cm³/mol. The summed E-state index contributed by atoms with van der Waals surface area (Å²) < 4.78 is 24.4. The van der Waals surface area contributed by atoms with Gasteiger partial charge < -0.3 is 0 Å². The number of halogens is 2. The summed E-state index contributed by atoms with van der Waals surface area (Å²) in [5.74, 6) is 3.35. The van der Waals surface area contributed by atoms with Crippen LogP contribution in [0.5, 0.6) is 0 Å². The molecule has 2 heteroatoms. The molecule has 0 amide bonds. The molecule has 2 saturated carbocycles. The fraction of sp³-hybridized carbons (Fsp3) is 0.905. The first kappa shape index (κ1) is 18.9. The highest BCUT2D eigenvalue weighted by molar-refractivity contribution is 4.87. The van der Waals surface area contributed by atoms with E-state index in [4.69, 9.17) is 0 Å². The number of rotatable bonds is 8. The minimum absolute atomic E-state index is 0.516. The molecule has 0 saturated heterocycles. The van der Waals surface area contributed by atoms with Crippen LogP contribution in [0.25, 0.3) is 0 Å². The van der Waals surface area contributed by atoms with Crippen molar-refractivity contribution in [1.82, 2.24) is 0 Å². The van der Waals surface area contributed by atoms with Gasteiger partial charge in [-0.25, -0.2) is 0 Å². The molecule has 0 aromatic rings. The van der Waals surface area contributed by atoms with Gasteiger partial charge in [-0.3, -0.25) is 0 Å². The fourth-order valence-electron chi connectivity index (χ4n) is 4.96. The molecule has 2 aliphatic rings. The minimum Gasteiger partial charge on any atom is -0.174 e. The van der Waals surface area contributed by atoms with Crippen molar-refractivity contribution in [3.63, 3.8) is 0 Å². The van der Waals surface area contributed by atoms with Crippen molar-refractivity contribution in [2.75, 3.05) is 0 Å². The fourth-order valence-corrected chi connectivity index (χ4v) is 4.96. The van der Waals surface area contributed by atoms with Gasteiger partial charge >= 0.3 is 0 Å². The second-order valence-electron chi connectivity index (χ2n) is 8.14. The molecule has 0 bridgehead atoms.